The zero-order valence-corrected chi connectivity index (χ0v) is 13.1. The highest BCUT2D eigenvalue weighted by molar-refractivity contribution is 5.94. The standard InChI is InChI=1S/C15H12F6N4O/c16-14(17,18)10-4-9(5-11(6-10)15(19,20)21)13(26)24-2-1-3-25-12(7-24)22-8-23-25/h4-6,8H,1-3,7H2. The molecule has 5 nitrogen and oxygen atoms in total. The first-order valence-electron chi connectivity index (χ1n) is 7.51. The first-order valence-corrected chi connectivity index (χ1v) is 7.51. The summed E-state index contributed by atoms with van der Waals surface area (Å²) < 4.78 is 79.2. The van der Waals surface area contributed by atoms with E-state index in [0.29, 0.717) is 30.9 Å². The van der Waals surface area contributed by atoms with Gasteiger partial charge in [-0.3, -0.25) is 4.79 Å². The second-order valence-electron chi connectivity index (χ2n) is 5.77. The van der Waals surface area contributed by atoms with Gasteiger partial charge in [-0.05, 0) is 24.6 Å². The van der Waals surface area contributed by atoms with E-state index in [1.165, 1.54) is 11.2 Å². The molecule has 0 N–H and O–H groups in total. The van der Waals surface area contributed by atoms with Crippen molar-refractivity contribution in [2.75, 3.05) is 6.54 Å². The van der Waals surface area contributed by atoms with Crippen LogP contribution in [0.15, 0.2) is 24.5 Å². The lowest BCUT2D eigenvalue weighted by Crippen LogP contribution is -2.31. The van der Waals surface area contributed by atoms with Crippen molar-refractivity contribution in [3.63, 3.8) is 0 Å². The number of aryl methyl sites for hydroxylation is 1. The molecule has 0 atom stereocenters. The summed E-state index contributed by atoms with van der Waals surface area (Å²) in [5.41, 5.74) is -3.71. The van der Waals surface area contributed by atoms with E-state index < -0.39 is 35.0 Å². The molecular weight excluding hydrogens is 366 g/mol. The van der Waals surface area contributed by atoms with Crippen LogP contribution in [0.2, 0.25) is 0 Å². The molecule has 140 valence electrons. The molecule has 3 rings (SSSR count). The highest BCUT2D eigenvalue weighted by Gasteiger charge is 2.38. The molecule has 0 bridgehead atoms. The Bertz CT molecular complexity index is 794. The van der Waals surface area contributed by atoms with Gasteiger partial charge in [0, 0.05) is 18.7 Å². The van der Waals surface area contributed by atoms with Crippen molar-refractivity contribution >= 4 is 5.91 Å². The summed E-state index contributed by atoms with van der Waals surface area (Å²) in [6.45, 7) is 0.577. The van der Waals surface area contributed by atoms with E-state index in [1.54, 1.807) is 4.68 Å². The maximum absolute atomic E-state index is 12.9. The molecule has 0 saturated heterocycles. The summed E-state index contributed by atoms with van der Waals surface area (Å²) in [6.07, 6.45) is -8.28. The van der Waals surface area contributed by atoms with Gasteiger partial charge in [0.2, 0.25) is 0 Å². The summed E-state index contributed by atoms with van der Waals surface area (Å²) in [4.78, 5) is 17.7. The molecule has 1 aliphatic heterocycles. The minimum absolute atomic E-state index is 0.00413. The van der Waals surface area contributed by atoms with Crippen molar-refractivity contribution in [3.05, 3.63) is 47.0 Å². The molecule has 1 amide bonds. The zero-order chi connectivity index (χ0) is 19.1. The van der Waals surface area contributed by atoms with Crippen LogP contribution in [0.5, 0.6) is 0 Å². The highest BCUT2D eigenvalue weighted by Crippen LogP contribution is 2.36. The van der Waals surface area contributed by atoms with Crippen LogP contribution in [0.3, 0.4) is 0 Å². The molecule has 0 fully saturated rings. The fourth-order valence-electron chi connectivity index (χ4n) is 2.69. The summed E-state index contributed by atoms with van der Waals surface area (Å²) in [6, 6.07) is 0.871. The van der Waals surface area contributed by atoms with Gasteiger partial charge in [0.1, 0.15) is 12.2 Å². The summed E-state index contributed by atoms with van der Waals surface area (Å²) in [7, 11) is 0. The zero-order valence-electron chi connectivity index (χ0n) is 13.1. The van der Waals surface area contributed by atoms with E-state index in [1.807, 2.05) is 0 Å². The van der Waals surface area contributed by atoms with Gasteiger partial charge in [-0.25, -0.2) is 9.67 Å². The summed E-state index contributed by atoms with van der Waals surface area (Å²) in [5.74, 6) is -0.503. The monoisotopic (exact) mass is 378 g/mol. The largest absolute Gasteiger partial charge is 0.416 e. The number of nitrogens with zero attached hydrogens (tertiary/aromatic N) is 4. The maximum Gasteiger partial charge on any atom is 0.416 e. The molecule has 1 aromatic heterocycles. The molecule has 1 aromatic carbocycles. The van der Waals surface area contributed by atoms with Gasteiger partial charge < -0.3 is 4.90 Å². The SMILES string of the molecule is O=C(c1cc(C(F)(F)F)cc(C(F)(F)F)c1)N1CCCn2ncnc2C1. The molecule has 0 radical (unpaired) electrons. The van der Waals surface area contributed by atoms with Crippen molar-refractivity contribution in [1.82, 2.24) is 19.7 Å². The van der Waals surface area contributed by atoms with Crippen molar-refractivity contribution in [2.24, 2.45) is 0 Å². The summed E-state index contributed by atoms with van der Waals surface area (Å²) >= 11 is 0. The fourth-order valence-corrected chi connectivity index (χ4v) is 2.69. The molecule has 0 unspecified atom stereocenters. The highest BCUT2D eigenvalue weighted by atomic mass is 19.4. The lowest BCUT2D eigenvalue weighted by Gasteiger charge is -2.21. The Labute approximate surface area is 143 Å². The van der Waals surface area contributed by atoms with Crippen molar-refractivity contribution in [3.8, 4) is 0 Å². The van der Waals surface area contributed by atoms with Gasteiger partial charge in [0.15, 0.2) is 0 Å². The normalized spacial score (nSPS) is 15.5. The predicted octanol–water partition coefficient (Wildman–Crippen LogP) is 3.36. The van der Waals surface area contributed by atoms with Crippen molar-refractivity contribution in [1.29, 1.82) is 0 Å². The smallest absolute Gasteiger partial charge is 0.331 e. The Morgan fingerprint density at radius 1 is 0.962 bits per heavy atom. The predicted molar refractivity (Wildman–Crippen MR) is 75.8 cm³/mol. The third kappa shape index (κ3) is 3.65. The average Bonchev–Trinajstić information content (AvgIpc) is 2.89. The van der Waals surface area contributed by atoms with Crippen LogP contribution in [0.4, 0.5) is 26.3 Å². The third-order valence-electron chi connectivity index (χ3n) is 3.95. The number of rotatable bonds is 1. The van der Waals surface area contributed by atoms with Crippen LogP contribution >= 0.6 is 0 Å². The van der Waals surface area contributed by atoms with Gasteiger partial charge in [0.25, 0.3) is 5.91 Å². The molecule has 26 heavy (non-hydrogen) atoms. The minimum atomic E-state index is -5.00. The van der Waals surface area contributed by atoms with Crippen LogP contribution in [0.1, 0.15) is 33.7 Å². The van der Waals surface area contributed by atoms with Crippen molar-refractivity contribution < 1.29 is 31.1 Å². The Kier molecular flexibility index (Phi) is 4.41. The Morgan fingerprint density at radius 3 is 2.15 bits per heavy atom. The number of carbonyl (C=O) groups excluding carboxylic acids is 1. The number of hydrogen-bond acceptors (Lipinski definition) is 3. The first-order chi connectivity index (χ1) is 12.1. The van der Waals surface area contributed by atoms with E-state index in [2.05, 4.69) is 10.1 Å². The van der Waals surface area contributed by atoms with Gasteiger partial charge in [-0.15, -0.1) is 0 Å². The van der Waals surface area contributed by atoms with Crippen LogP contribution in [0.25, 0.3) is 0 Å². The molecule has 11 heteroatoms. The first kappa shape index (κ1) is 18.2. The number of amides is 1. The average molecular weight is 378 g/mol. The van der Waals surface area contributed by atoms with Gasteiger partial charge in [-0.1, -0.05) is 0 Å². The number of benzene rings is 1. The molecule has 0 spiro atoms. The van der Waals surface area contributed by atoms with Crippen molar-refractivity contribution in [2.45, 2.75) is 31.9 Å². The van der Waals surface area contributed by atoms with E-state index in [-0.39, 0.29) is 19.2 Å². The van der Waals surface area contributed by atoms with Crippen LogP contribution in [-0.2, 0) is 25.4 Å². The number of hydrogen-bond donors (Lipinski definition) is 0. The number of aromatic nitrogens is 3. The molecule has 2 aromatic rings. The van der Waals surface area contributed by atoms with E-state index in [4.69, 9.17) is 0 Å². The Morgan fingerprint density at radius 2 is 1.58 bits per heavy atom. The van der Waals surface area contributed by atoms with Gasteiger partial charge in [0.05, 0.1) is 17.7 Å². The molecule has 2 heterocycles. The number of alkyl halides is 6. The quantitative estimate of drug-likeness (QED) is 0.715. The number of fused-ring (bicyclic) bond motifs is 1. The molecule has 1 aliphatic rings. The number of carbonyl (C=O) groups is 1. The van der Waals surface area contributed by atoms with E-state index in [9.17, 15) is 31.1 Å². The van der Waals surface area contributed by atoms with Gasteiger partial charge in [-0.2, -0.15) is 31.4 Å². The molecular formula is C15H12F6N4O. The Balaban J connectivity index is 1.98. The number of halogens is 6. The van der Waals surface area contributed by atoms with E-state index >= 15 is 0 Å². The third-order valence-corrected chi connectivity index (χ3v) is 3.95. The Hall–Kier alpha value is -2.59. The van der Waals surface area contributed by atoms with Gasteiger partial charge >= 0.3 is 12.4 Å². The van der Waals surface area contributed by atoms with Crippen LogP contribution < -0.4 is 0 Å². The van der Waals surface area contributed by atoms with E-state index in [0.717, 1.165) is 0 Å². The fraction of sp³-hybridized carbons (Fsp3) is 0.400. The van der Waals surface area contributed by atoms with Crippen LogP contribution in [0, 0.1) is 0 Å². The summed E-state index contributed by atoms with van der Waals surface area (Å²) in [5, 5.41) is 3.95. The second kappa shape index (κ2) is 6.29. The molecule has 0 aliphatic carbocycles. The molecule has 0 saturated carbocycles. The maximum atomic E-state index is 12.9. The van der Waals surface area contributed by atoms with Crippen LogP contribution in [-0.4, -0.2) is 32.1 Å². The second-order valence-corrected chi connectivity index (χ2v) is 5.77. The lowest BCUT2D eigenvalue weighted by atomic mass is 10.0. The minimum Gasteiger partial charge on any atom is -0.331 e. The topological polar surface area (TPSA) is 51.0 Å². The lowest BCUT2D eigenvalue weighted by molar-refractivity contribution is -0.143.